The zero-order chi connectivity index (χ0) is 17.9. The number of halogens is 3. The Kier molecular flexibility index (Phi) is 10.5. The van der Waals surface area contributed by atoms with Crippen LogP contribution in [-0.4, -0.2) is 37.2 Å². The molecule has 0 saturated heterocycles. The first-order valence-electron chi connectivity index (χ1n) is 8.19. The summed E-state index contributed by atoms with van der Waals surface area (Å²) in [4.78, 5) is 8.71. The third-order valence-electron chi connectivity index (χ3n) is 3.25. The number of pyridine rings is 1. The van der Waals surface area contributed by atoms with Gasteiger partial charge in [0.2, 0.25) is 0 Å². The van der Waals surface area contributed by atoms with Crippen LogP contribution in [0.3, 0.4) is 0 Å². The maximum Gasteiger partial charge on any atom is 0.191 e. The molecule has 0 fully saturated rings. The minimum Gasteiger partial charge on any atom is -0.489 e. The molecule has 0 aliphatic rings. The number of nitrogens with one attached hydrogen (secondary N) is 2. The molecule has 142 valence electrons. The summed E-state index contributed by atoms with van der Waals surface area (Å²) in [7, 11) is 0. The van der Waals surface area contributed by atoms with E-state index < -0.39 is 11.6 Å². The van der Waals surface area contributed by atoms with Crippen LogP contribution in [0, 0.1) is 11.6 Å². The molecule has 8 heteroatoms. The van der Waals surface area contributed by atoms with Crippen LogP contribution < -0.4 is 15.4 Å². The molecular weight excluding hydrogens is 453 g/mol. The number of nitrogens with zero attached hydrogens (tertiary/aromatic N) is 2. The maximum atomic E-state index is 13.5. The fourth-order valence-corrected chi connectivity index (χ4v) is 2.09. The molecule has 2 aromatic rings. The summed E-state index contributed by atoms with van der Waals surface area (Å²) in [5.74, 6) is -0.657. The second-order valence-electron chi connectivity index (χ2n) is 5.18. The minimum absolute atomic E-state index is 0. The van der Waals surface area contributed by atoms with E-state index in [0.717, 1.165) is 30.8 Å². The quantitative estimate of drug-likeness (QED) is 0.266. The van der Waals surface area contributed by atoms with E-state index in [1.807, 2.05) is 25.1 Å². The Bertz CT molecular complexity index is 686. The van der Waals surface area contributed by atoms with Gasteiger partial charge >= 0.3 is 0 Å². The Morgan fingerprint density at radius 2 is 2.04 bits per heavy atom. The van der Waals surface area contributed by atoms with E-state index in [9.17, 15) is 8.78 Å². The largest absolute Gasteiger partial charge is 0.489 e. The van der Waals surface area contributed by atoms with E-state index in [4.69, 9.17) is 4.74 Å². The van der Waals surface area contributed by atoms with Crippen molar-refractivity contribution >= 4 is 29.9 Å². The van der Waals surface area contributed by atoms with Gasteiger partial charge in [0.1, 0.15) is 12.4 Å². The van der Waals surface area contributed by atoms with E-state index in [2.05, 4.69) is 20.6 Å². The summed E-state index contributed by atoms with van der Waals surface area (Å²) in [5.41, 5.74) is 0.984. The molecule has 0 bridgehead atoms. The number of benzene rings is 1. The normalized spacial score (nSPS) is 10.8. The van der Waals surface area contributed by atoms with E-state index in [-0.39, 0.29) is 36.3 Å². The molecular formula is C18H23F2IN4O. The SMILES string of the molecule is CCNC(=NCCc1ccccn1)NCCOc1ccc(F)cc1F.I. The molecule has 0 spiro atoms. The van der Waals surface area contributed by atoms with Crippen molar-refractivity contribution in [1.29, 1.82) is 0 Å². The number of hydrogen-bond donors (Lipinski definition) is 2. The molecule has 5 nitrogen and oxygen atoms in total. The zero-order valence-electron chi connectivity index (χ0n) is 14.5. The molecule has 1 aromatic heterocycles. The Labute approximate surface area is 169 Å². The third-order valence-corrected chi connectivity index (χ3v) is 3.25. The second-order valence-corrected chi connectivity index (χ2v) is 5.18. The van der Waals surface area contributed by atoms with Crippen molar-refractivity contribution in [2.45, 2.75) is 13.3 Å². The minimum atomic E-state index is -0.712. The summed E-state index contributed by atoms with van der Waals surface area (Å²) in [6, 6.07) is 9.02. The van der Waals surface area contributed by atoms with Crippen LogP contribution in [0.25, 0.3) is 0 Å². The fraction of sp³-hybridized carbons (Fsp3) is 0.333. The van der Waals surface area contributed by atoms with E-state index in [0.29, 0.717) is 19.0 Å². The van der Waals surface area contributed by atoms with E-state index in [1.54, 1.807) is 6.20 Å². The molecule has 2 rings (SSSR count). The number of rotatable bonds is 8. The summed E-state index contributed by atoms with van der Waals surface area (Å²) in [5, 5.41) is 6.23. The van der Waals surface area contributed by atoms with Crippen molar-refractivity contribution in [3.8, 4) is 5.75 Å². The van der Waals surface area contributed by atoms with Crippen LogP contribution in [-0.2, 0) is 6.42 Å². The van der Waals surface area contributed by atoms with E-state index >= 15 is 0 Å². The van der Waals surface area contributed by atoms with Crippen LogP contribution in [0.4, 0.5) is 8.78 Å². The first kappa shape index (κ1) is 22.1. The highest BCUT2D eigenvalue weighted by molar-refractivity contribution is 14.0. The Hall–Kier alpha value is -1.97. The summed E-state index contributed by atoms with van der Waals surface area (Å²) in [6.07, 6.45) is 2.50. The second kappa shape index (κ2) is 12.4. The average Bonchev–Trinajstić information content (AvgIpc) is 2.61. The van der Waals surface area contributed by atoms with Gasteiger partial charge in [-0.1, -0.05) is 6.07 Å². The number of aromatic nitrogens is 1. The smallest absolute Gasteiger partial charge is 0.191 e. The first-order chi connectivity index (χ1) is 12.2. The van der Waals surface area contributed by atoms with Gasteiger partial charge in [-0.2, -0.15) is 0 Å². The van der Waals surface area contributed by atoms with Gasteiger partial charge in [0.15, 0.2) is 17.5 Å². The Balaban J connectivity index is 0.00000338. The van der Waals surface area contributed by atoms with Gasteiger partial charge in [-0.05, 0) is 31.2 Å². The standard InChI is InChI=1S/C18H22F2N4O.HI/c1-2-21-18(23-10-8-15-5-3-4-9-22-15)24-11-12-25-17-7-6-14(19)13-16(17)20;/h3-7,9,13H,2,8,10-12H2,1H3,(H2,21,23,24);1H. The summed E-state index contributed by atoms with van der Waals surface area (Å²) in [6.45, 7) is 3.96. The highest BCUT2D eigenvalue weighted by Crippen LogP contribution is 2.17. The number of aliphatic imine (C=N–C) groups is 1. The fourth-order valence-electron chi connectivity index (χ4n) is 2.09. The molecule has 1 aromatic carbocycles. The van der Waals surface area contributed by atoms with Gasteiger partial charge in [-0.15, -0.1) is 24.0 Å². The summed E-state index contributed by atoms with van der Waals surface area (Å²) >= 11 is 0. The number of guanidine groups is 1. The van der Waals surface area contributed by atoms with Crippen LogP contribution in [0.1, 0.15) is 12.6 Å². The van der Waals surface area contributed by atoms with Crippen LogP contribution >= 0.6 is 24.0 Å². The number of ether oxygens (including phenoxy) is 1. The van der Waals surface area contributed by atoms with Gasteiger partial charge in [-0.25, -0.2) is 8.78 Å². The molecule has 2 N–H and O–H groups in total. The molecule has 1 heterocycles. The van der Waals surface area contributed by atoms with Crippen molar-refractivity contribution < 1.29 is 13.5 Å². The van der Waals surface area contributed by atoms with Crippen LogP contribution in [0.5, 0.6) is 5.75 Å². The molecule has 0 aliphatic carbocycles. The van der Waals surface area contributed by atoms with Gasteiger partial charge < -0.3 is 15.4 Å². The van der Waals surface area contributed by atoms with Crippen molar-refractivity contribution in [3.63, 3.8) is 0 Å². The van der Waals surface area contributed by atoms with Crippen molar-refractivity contribution in [3.05, 3.63) is 59.9 Å². The molecule has 0 aliphatic heterocycles. The lowest BCUT2D eigenvalue weighted by atomic mass is 10.3. The van der Waals surface area contributed by atoms with Gasteiger partial charge in [0, 0.05) is 37.5 Å². The third kappa shape index (κ3) is 7.94. The lowest BCUT2D eigenvalue weighted by molar-refractivity contribution is 0.304. The summed E-state index contributed by atoms with van der Waals surface area (Å²) < 4.78 is 31.6. The zero-order valence-corrected chi connectivity index (χ0v) is 16.9. The highest BCUT2D eigenvalue weighted by Gasteiger charge is 2.04. The topological polar surface area (TPSA) is 58.5 Å². The average molecular weight is 476 g/mol. The van der Waals surface area contributed by atoms with Crippen LogP contribution in [0.2, 0.25) is 0 Å². The lowest BCUT2D eigenvalue weighted by Gasteiger charge is -2.12. The molecule has 0 saturated carbocycles. The van der Waals surface area contributed by atoms with E-state index in [1.165, 1.54) is 6.07 Å². The van der Waals surface area contributed by atoms with Crippen molar-refractivity contribution in [2.24, 2.45) is 4.99 Å². The van der Waals surface area contributed by atoms with Gasteiger partial charge in [-0.3, -0.25) is 9.98 Å². The number of hydrogen-bond acceptors (Lipinski definition) is 3. The molecule has 0 radical (unpaired) electrons. The monoisotopic (exact) mass is 476 g/mol. The van der Waals surface area contributed by atoms with Gasteiger partial charge in [0.25, 0.3) is 0 Å². The van der Waals surface area contributed by atoms with Gasteiger partial charge in [0.05, 0.1) is 6.54 Å². The van der Waals surface area contributed by atoms with Crippen molar-refractivity contribution in [1.82, 2.24) is 15.6 Å². The van der Waals surface area contributed by atoms with Crippen molar-refractivity contribution in [2.75, 3.05) is 26.2 Å². The molecule has 0 amide bonds. The predicted octanol–water partition coefficient (Wildman–Crippen LogP) is 3.15. The van der Waals surface area contributed by atoms with Crippen LogP contribution in [0.15, 0.2) is 47.6 Å². The Morgan fingerprint density at radius 3 is 2.73 bits per heavy atom. The Morgan fingerprint density at radius 1 is 1.19 bits per heavy atom. The predicted molar refractivity (Wildman–Crippen MR) is 109 cm³/mol. The lowest BCUT2D eigenvalue weighted by Crippen LogP contribution is -2.39. The molecule has 26 heavy (non-hydrogen) atoms. The highest BCUT2D eigenvalue weighted by atomic mass is 127. The molecule has 0 atom stereocenters. The first-order valence-corrected chi connectivity index (χ1v) is 8.19. The molecule has 0 unspecified atom stereocenters. The maximum absolute atomic E-state index is 13.5.